The number of halogens is 2. The van der Waals surface area contributed by atoms with Gasteiger partial charge in [0, 0.05) is 18.7 Å². The van der Waals surface area contributed by atoms with Crippen LogP contribution in [0.2, 0.25) is 0 Å². The Morgan fingerprint density at radius 1 is 1.38 bits per heavy atom. The van der Waals surface area contributed by atoms with Crippen LogP contribution in [0.15, 0.2) is 28.8 Å². The van der Waals surface area contributed by atoms with Crippen molar-refractivity contribution in [3.63, 3.8) is 0 Å². The lowest BCUT2D eigenvalue weighted by Crippen LogP contribution is -2.41. The number of nitrogens with zero attached hydrogens (tertiary/aromatic N) is 2. The Labute approximate surface area is 138 Å². The van der Waals surface area contributed by atoms with E-state index in [1.54, 1.807) is 11.8 Å². The number of carbonyl (C=O) groups is 1. The molecule has 0 bridgehead atoms. The first-order chi connectivity index (χ1) is 11.5. The van der Waals surface area contributed by atoms with Crippen LogP contribution in [0.25, 0.3) is 0 Å². The zero-order chi connectivity index (χ0) is 17.1. The second-order valence-electron chi connectivity index (χ2n) is 5.82. The summed E-state index contributed by atoms with van der Waals surface area (Å²) in [6, 6.07) is 4.64. The molecule has 0 N–H and O–H groups in total. The minimum atomic E-state index is -0.829. The molecule has 2 heterocycles. The van der Waals surface area contributed by atoms with E-state index in [4.69, 9.17) is 9.26 Å². The van der Waals surface area contributed by atoms with E-state index in [9.17, 15) is 13.6 Å². The maximum Gasteiger partial charge on any atom is 0.261 e. The summed E-state index contributed by atoms with van der Waals surface area (Å²) in [7, 11) is 0. The lowest BCUT2D eigenvalue weighted by atomic mass is 9.99. The van der Waals surface area contributed by atoms with Crippen molar-refractivity contribution in [3.05, 3.63) is 47.4 Å². The molecule has 1 aliphatic heterocycles. The number of ether oxygens (including phenoxy) is 1. The maximum absolute atomic E-state index is 13.6. The van der Waals surface area contributed by atoms with Crippen LogP contribution in [0, 0.1) is 18.6 Å². The Kier molecular flexibility index (Phi) is 4.78. The van der Waals surface area contributed by atoms with Gasteiger partial charge >= 0.3 is 0 Å². The predicted molar refractivity (Wildman–Crippen MR) is 81.4 cm³/mol. The van der Waals surface area contributed by atoms with E-state index >= 15 is 0 Å². The van der Waals surface area contributed by atoms with Crippen LogP contribution in [0.5, 0.6) is 5.75 Å². The van der Waals surface area contributed by atoms with E-state index in [-0.39, 0.29) is 24.3 Å². The van der Waals surface area contributed by atoms with Gasteiger partial charge in [-0.2, -0.15) is 0 Å². The Balaban J connectivity index is 1.68. The van der Waals surface area contributed by atoms with Gasteiger partial charge in [-0.05, 0) is 38.3 Å². The molecule has 1 atom stereocenters. The first-order valence-electron chi connectivity index (χ1n) is 7.85. The Bertz CT molecular complexity index is 732. The molecule has 0 unspecified atom stereocenters. The van der Waals surface area contributed by atoms with Gasteiger partial charge in [-0.3, -0.25) is 4.79 Å². The first-order valence-corrected chi connectivity index (χ1v) is 7.85. The van der Waals surface area contributed by atoms with Crippen LogP contribution in [0.3, 0.4) is 0 Å². The number of rotatable bonds is 4. The second-order valence-corrected chi connectivity index (χ2v) is 5.82. The lowest BCUT2D eigenvalue weighted by molar-refractivity contribution is -0.137. The predicted octanol–water partition coefficient (Wildman–Crippen LogP) is 3.39. The lowest BCUT2D eigenvalue weighted by Gasteiger charge is -2.34. The third kappa shape index (κ3) is 3.55. The molecule has 3 rings (SSSR count). The van der Waals surface area contributed by atoms with Gasteiger partial charge in [0.25, 0.3) is 5.91 Å². The normalized spacial score (nSPS) is 17.8. The van der Waals surface area contributed by atoms with E-state index in [0.717, 1.165) is 31.4 Å². The van der Waals surface area contributed by atoms with Gasteiger partial charge in [0.1, 0.15) is 17.3 Å². The number of aromatic nitrogens is 1. The van der Waals surface area contributed by atoms with Crippen molar-refractivity contribution in [2.75, 3.05) is 13.2 Å². The summed E-state index contributed by atoms with van der Waals surface area (Å²) in [6.45, 7) is 2.08. The number of likely N-dealkylation sites (tertiary alicyclic amines) is 1. The quantitative estimate of drug-likeness (QED) is 0.859. The van der Waals surface area contributed by atoms with Crippen LogP contribution < -0.4 is 4.74 Å². The Morgan fingerprint density at radius 3 is 2.92 bits per heavy atom. The summed E-state index contributed by atoms with van der Waals surface area (Å²) < 4.78 is 36.8. The molecule has 0 radical (unpaired) electrons. The van der Waals surface area contributed by atoms with E-state index in [1.807, 2.05) is 6.07 Å². The summed E-state index contributed by atoms with van der Waals surface area (Å²) >= 11 is 0. The van der Waals surface area contributed by atoms with Crippen LogP contribution >= 0.6 is 0 Å². The van der Waals surface area contributed by atoms with Gasteiger partial charge in [0.2, 0.25) is 0 Å². The standard InChI is InChI=1S/C17H18F2N2O3/c1-11-8-14(20-24-11)15-4-2-3-7-21(15)17(22)10-23-16-6-5-12(18)9-13(16)19/h5-6,8-9,15H,2-4,7,10H2,1H3/t15-/m1/s1. The number of aryl methyl sites for hydroxylation is 1. The molecule has 128 valence electrons. The molecule has 0 spiro atoms. The first kappa shape index (κ1) is 16.4. The van der Waals surface area contributed by atoms with E-state index in [0.29, 0.717) is 18.0 Å². The van der Waals surface area contributed by atoms with Crippen LogP contribution in [-0.2, 0) is 4.79 Å². The molecular formula is C17H18F2N2O3. The molecule has 2 aromatic rings. The largest absolute Gasteiger partial charge is 0.481 e. The van der Waals surface area contributed by atoms with E-state index in [2.05, 4.69) is 5.16 Å². The molecular weight excluding hydrogens is 318 g/mol. The van der Waals surface area contributed by atoms with E-state index < -0.39 is 11.6 Å². The van der Waals surface area contributed by atoms with Crippen molar-refractivity contribution in [1.82, 2.24) is 10.1 Å². The zero-order valence-electron chi connectivity index (χ0n) is 13.3. The number of hydrogen-bond donors (Lipinski definition) is 0. The van der Waals surface area contributed by atoms with Crippen molar-refractivity contribution < 1.29 is 22.8 Å². The molecule has 1 aromatic carbocycles. The zero-order valence-corrected chi connectivity index (χ0v) is 13.3. The molecule has 7 heteroatoms. The molecule has 1 amide bonds. The Morgan fingerprint density at radius 2 is 2.21 bits per heavy atom. The fourth-order valence-corrected chi connectivity index (χ4v) is 2.89. The number of amides is 1. The van der Waals surface area contributed by atoms with Gasteiger partial charge in [-0.15, -0.1) is 0 Å². The molecule has 1 saturated heterocycles. The molecule has 24 heavy (non-hydrogen) atoms. The third-order valence-electron chi connectivity index (χ3n) is 4.06. The minimum Gasteiger partial charge on any atom is -0.481 e. The number of hydrogen-bond acceptors (Lipinski definition) is 4. The maximum atomic E-state index is 13.6. The van der Waals surface area contributed by atoms with Crippen molar-refractivity contribution in [2.24, 2.45) is 0 Å². The van der Waals surface area contributed by atoms with E-state index in [1.165, 1.54) is 6.07 Å². The van der Waals surface area contributed by atoms with Gasteiger partial charge in [-0.25, -0.2) is 8.78 Å². The highest BCUT2D eigenvalue weighted by Gasteiger charge is 2.30. The molecule has 0 saturated carbocycles. The fraction of sp³-hybridized carbons (Fsp3) is 0.412. The van der Waals surface area contributed by atoms with Gasteiger partial charge < -0.3 is 14.2 Å². The highest BCUT2D eigenvalue weighted by molar-refractivity contribution is 5.78. The van der Waals surface area contributed by atoms with Crippen molar-refractivity contribution >= 4 is 5.91 Å². The number of carbonyl (C=O) groups excluding carboxylic acids is 1. The van der Waals surface area contributed by atoms with Crippen molar-refractivity contribution in [2.45, 2.75) is 32.2 Å². The second kappa shape index (κ2) is 6.98. The highest BCUT2D eigenvalue weighted by atomic mass is 19.1. The van der Waals surface area contributed by atoms with Gasteiger partial charge in [-0.1, -0.05) is 5.16 Å². The monoisotopic (exact) mass is 336 g/mol. The Hall–Kier alpha value is -2.44. The van der Waals surface area contributed by atoms with Crippen LogP contribution in [0.1, 0.15) is 36.8 Å². The van der Waals surface area contributed by atoms with Crippen molar-refractivity contribution in [3.8, 4) is 5.75 Å². The summed E-state index contributed by atoms with van der Waals surface area (Å²) in [5, 5.41) is 4.00. The summed E-state index contributed by atoms with van der Waals surface area (Å²) in [5.74, 6) is -1.24. The average Bonchev–Trinajstić information content (AvgIpc) is 3.00. The highest BCUT2D eigenvalue weighted by Crippen LogP contribution is 2.30. The SMILES string of the molecule is Cc1cc([C@H]2CCCCN2C(=O)COc2ccc(F)cc2F)no1. The molecule has 0 aliphatic carbocycles. The van der Waals surface area contributed by atoms with Crippen LogP contribution in [0.4, 0.5) is 8.78 Å². The van der Waals surface area contributed by atoms with Gasteiger partial charge in [0.15, 0.2) is 18.2 Å². The average molecular weight is 336 g/mol. The third-order valence-corrected chi connectivity index (χ3v) is 4.06. The summed E-state index contributed by atoms with van der Waals surface area (Å²) in [4.78, 5) is 14.2. The minimum absolute atomic E-state index is 0.143. The molecule has 1 fully saturated rings. The molecule has 5 nitrogen and oxygen atoms in total. The van der Waals surface area contributed by atoms with Crippen LogP contribution in [-0.4, -0.2) is 29.1 Å². The number of benzene rings is 1. The smallest absolute Gasteiger partial charge is 0.261 e. The molecule has 1 aliphatic rings. The number of piperidine rings is 1. The van der Waals surface area contributed by atoms with Crippen molar-refractivity contribution in [1.29, 1.82) is 0 Å². The topological polar surface area (TPSA) is 55.6 Å². The summed E-state index contributed by atoms with van der Waals surface area (Å²) in [6.07, 6.45) is 2.68. The fourth-order valence-electron chi connectivity index (χ4n) is 2.89. The molecule has 1 aromatic heterocycles. The summed E-state index contributed by atoms with van der Waals surface area (Å²) in [5.41, 5.74) is 0.716. The van der Waals surface area contributed by atoms with Gasteiger partial charge in [0.05, 0.1) is 6.04 Å².